The monoisotopic (exact) mass is 516 g/mol. The van der Waals surface area contributed by atoms with Gasteiger partial charge in [-0.15, -0.1) is 0 Å². The molecule has 2 aromatic rings. The smallest absolute Gasteiger partial charge is 0.311 e. The maximum absolute atomic E-state index is 13.0. The molecule has 3 rings (SSSR count). The molecule has 4 atom stereocenters. The summed E-state index contributed by atoms with van der Waals surface area (Å²) in [6.45, 7) is -0.194. The Bertz CT molecular complexity index is 1020. The highest BCUT2D eigenvalue weighted by atomic mass is 19.1. The van der Waals surface area contributed by atoms with Gasteiger partial charge in [0.15, 0.2) is 0 Å². The minimum atomic E-state index is -0.984. The molecule has 9 heteroatoms. The number of rotatable bonds is 14. The second-order valence-corrected chi connectivity index (χ2v) is 8.81. The molecule has 8 nitrogen and oxygen atoms in total. The van der Waals surface area contributed by atoms with Gasteiger partial charge in [-0.2, -0.15) is 0 Å². The van der Waals surface area contributed by atoms with E-state index in [-0.39, 0.29) is 43.6 Å². The largest absolute Gasteiger partial charge is 0.497 e. The molecule has 0 bridgehead atoms. The molecule has 0 radical (unpaired) electrons. The molecule has 2 aromatic carbocycles. The summed E-state index contributed by atoms with van der Waals surface area (Å²) in [5, 5.41) is 20.4. The maximum Gasteiger partial charge on any atom is 0.311 e. The average molecular weight is 517 g/mol. The van der Waals surface area contributed by atoms with Crippen LogP contribution in [-0.4, -0.2) is 60.6 Å². The third-order valence-electron chi connectivity index (χ3n) is 5.94. The van der Waals surface area contributed by atoms with Crippen molar-refractivity contribution in [1.82, 2.24) is 0 Å². The summed E-state index contributed by atoms with van der Waals surface area (Å²) in [5.74, 6) is 0.217. The van der Waals surface area contributed by atoms with Crippen molar-refractivity contribution in [3.63, 3.8) is 0 Å². The number of carbonyl (C=O) groups is 2. The first-order valence-electron chi connectivity index (χ1n) is 12.2. The van der Waals surface area contributed by atoms with Crippen LogP contribution >= 0.6 is 0 Å². The van der Waals surface area contributed by atoms with E-state index in [1.54, 1.807) is 31.4 Å². The summed E-state index contributed by atoms with van der Waals surface area (Å²) in [6, 6.07) is 12.2. The Morgan fingerprint density at radius 1 is 1.05 bits per heavy atom. The summed E-state index contributed by atoms with van der Waals surface area (Å²) in [7, 11) is 1.56. The number of hydrogen-bond acceptors (Lipinski definition) is 8. The van der Waals surface area contributed by atoms with Crippen LogP contribution in [0, 0.1) is 11.7 Å². The Balaban J connectivity index is 1.35. The zero-order valence-corrected chi connectivity index (χ0v) is 20.8. The summed E-state index contributed by atoms with van der Waals surface area (Å²) in [5.41, 5.74) is 0. The van der Waals surface area contributed by atoms with Crippen LogP contribution in [0.5, 0.6) is 17.2 Å². The molecule has 1 aliphatic rings. The number of aliphatic hydroxyl groups is 2. The normalized spacial score (nSPS) is 20.2. The maximum atomic E-state index is 13.0. The van der Waals surface area contributed by atoms with E-state index in [9.17, 15) is 24.2 Å². The molecule has 2 N–H and O–H groups in total. The fourth-order valence-corrected chi connectivity index (χ4v) is 3.96. The van der Waals surface area contributed by atoms with Crippen LogP contribution in [0.2, 0.25) is 0 Å². The van der Waals surface area contributed by atoms with Gasteiger partial charge < -0.3 is 29.2 Å². The van der Waals surface area contributed by atoms with Crippen LogP contribution in [0.3, 0.4) is 0 Å². The minimum absolute atomic E-state index is 0.00253. The van der Waals surface area contributed by atoms with Crippen molar-refractivity contribution in [2.75, 3.05) is 20.3 Å². The molecule has 1 aliphatic carbocycles. The Morgan fingerprint density at radius 3 is 2.43 bits per heavy atom. The number of unbranched alkanes of at least 4 members (excludes halogenated alkanes) is 1. The summed E-state index contributed by atoms with van der Waals surface area (Å²) >= 11 is 0. The summed E-state index contributed by atoms with van der Waals surface area (Å²) in [6.07, 6.45) is 2.95. The third kappa shape index (κ3) is 9.27. The number of hydrogen-bond donors (Lipinski definition) is 2. The molecular weight excluding hydrogens is 483 g/mol. The van der Waals surface area contributed by atoms with Crippen LogP contribution in [0.1, 0.15) is 32.1 Å². The lowest BCUT2D eigenvalue weighted by molar-refractivity contribution is -0.134. The second-order valence-electron chi connectivity index (χ2n) is 8.81. The number of esters is 1. The summed E-state index contributed by atoms with van der Waals surface area (Å²) in [4.78, 5) is 24.3. The number of allylic oxidation sites excluding steroid dienone is 2. The van der Waals surface area contributed by atoms with Gasteiger partial charge in [-0.3, -0.25) is 9.59 Å². The van der Waals surface area contributed by atoms with E-state index in [1.165, 1.54) is 24.3 Å². The Morgan fingerprint density at radius 2 is 1.73 bits per heavy atom. The molecule has 0 spiro atoms. The molecule has 1 fully saturated rings. The van der Waals surface area contributed by atoms with Gasteiger partial charge in [0.25, 0.3) is 0 Å². The molecule has 200 valence electrons. The van der Waals surface area contributed by atoms with Gasteiger partial charge >= 0.3 is 5.97 Å². The summed E-state index contributed by atoms with van der Waals surface area (Å²) < 4.78 is 34.4. The molecule has 0 amide bonds. The van der Waals surface area contributed by atoms with Gasteiger partial charge in [0.1, 0.15) is 41.6 Å². The van der Waals surface area contributed by atoms with Crippen LogP contribution in [0.15, 0.2) is 60.7 Å². The van der Waals surface area contributed by atoms with E-state index in [2.05, 4.69) is 0 Å². The van der Waals surface area contributed by atoms with Crippen LogP contribution < -0.4 is 14.2 Å². The molecule has 37 heavy (non-hydrogen) atoms. The van der Waals surface area contributed by atoms with Gasteiger partial charge in [-0.25, -0.2) is 4.39 Å². The first-order valence-corrected chi connectivity index (χ1v) is 12.2. The lowest BCUT2D eigenvalue weighted by atomic mass is 9.99. The van der Waals surface area contributed by atoms with Crippen LogP contribution in [0.4, 0.5) is 4.39 Å². The van der Waals surface area contributed by atoms with E-state index >= 15 is 0 Å². The third-order valence-corrected chi connectivity index (χ3v) is 5.94. The predicted molar refractivity (Wildman–Crippen MR) is 133 cm³/mol. The number of halogens is 1. The number of ketones is 1. The van der Waals surface area contributed by atoms with Gasteiger partial charge in [0.05, 0.1) is 25.9 Å². The van der Waals surface area contributed by atoms with E-state index in [0.717, 1.165) is 0 Å². The predicted octanol–water partition coefficient (Wildman–Crippen LogP) is 3.63. The zero-order valence-electron chi connectivity index (χ0n) is 20.8. The quantitative estimate of drug-likeness (QED) is 0.170. The molecule has 0 saturated heterocycles. The highest BCUT2D eigenvalue weighted by molar-refractivity contribution is 5.85. The molecular formula is C28H33FO8. The van der Waals surface area contributed by atoms with Crippen molar-refractivity contribution in [2.45, 2.75) is 50.4 Å². The van der Waals surface area contributed by atoms with E-state index < -0.39 is 24.2 Å². The molecule has 0 heterocycles. The minimum Gasteiger partial charge on any atom is -0.497 e. The van der Waals surface area contributed by atoms with Crippen molar-refractivity contribution in [3.05, 3.63) is 66.5 Å². The van der Waals surface area contributed by atoms with Crippen molar-refractivity contribution < 1.29 is 43.1 Å². The van der Waals surface area contributed by atoms with E-state index in [4.69, 9.17) is 18.9 Å². The number of Topliss-reactive ketones (excluding diaryl/α,β-unsaturated/α-hetero) is 1. The van der Waals surface area contributed by atoms with Gasteiger partial charge in [0.2, 0.25) is 0 Å². The Kier molecular flexibility index (Phi) is 11.1. The number of carbonyl (C=O) groups excluding carboxylic acids is 2. The SMILES string of the molecule is COc1ccc(OC(=O)CCCC=CC[C@H]2C(=O)C[C@@H](O)[C@@H]2OCC(O)COc2ccc(F)cc2)cc1. The Labute approximate surface area is 215 Å². The van der Waals surface area contributed by atoms with Crippen molar-refractivity contribution in [1.29, 1.82) is 0 Å². The van der Waals surface area contributed by atoms with Crippen LogP contribution in [0.25, 0.3) is 0 Å². The number of benzene rings is 2. The zero-order chi connectivity index (χ0) is 26.6. The average Bonchev–Trinajstić information content (AvgIpc) is 3.16. The van der Waals surface area contributed by atoms with E-state index in [1.807, 2.05) is 12.2 Å². The van der Waals surface area contributed by atoms with Crippen molar-refractivity contribution >= 4 is 11.8 Å². The number of aliphatic hydroxyl groups excluding tert-OH is 2. The number of methoxy groups -OCH3 is 1. The van der Waals surface area contributed by atoms with Crippen LogP contribution in [-0.2, 0) is 14.3 Å². The van der Waals surface area contributed by atoms with Crippen molar-refractivity contribution in [2.24, 2.45) is 5.92 Å². The highest BCUT2D eigenvalue weighted by Crippen LogP contribution is 2.29. The first kappa shape index (κ1) is 28.3. The Hall–Kier alpha value is -3.27. The van der Waals surface area contributed by atoms with Gasteiger partial charge in [-0.05, 0) is 67.8 Å². The lowest BCUT2D eigenvalue weighted by Crippen LogP contribution is -2.34. The lowest BCUT2D eigenvalue weighted by Gasteiger charge is -2.22. The highest BCUT2D eigenvalue weighted by Gasteiger charge is 2.41. The van der Waals surface area contributed by atoms with Crippen molar-refractivity contribution in [3.8, 4) is 17.2 Å². The standard InChI is InChI=1S/C28H33FO8/c1-34-21-12-14-23(15-13-21)37-27(33)7-5-3-2-4-6-24-25(31)16-26(32)28(24)36-18-20(30)17-35-22-10-8-19(29)9-11-22/h2,4,8-15,20,24,26,28,30,32H,3,5-7,16-18H2,1H3/t20?,24-,26+,28+/m0/s1. The molecule has 0 aliphatic heterocycles. The fraction of sp³-hybridized carbons (Fsp3) is 0.429. The fourth-order valence-electron chi connectivity index (χ4n) is 3.96. The molecule has 1 unspecified atom stereocenters. The number of ether oxygens (including phenoxy) is 4. The topological polar surface area (TPSA) is 112 Å². The van der Waals surface area contributed by atoms with Gasteiger partial charge in [0, 0.05) is 18.8 Å². The van der Waals surface area contributed by atoms with Gasteiger partial charge in [-0.1, -0.05) is 12.2 Å². The second kappa shape index (κ2) is 14.5. The van der Waals surface area contributed by atoms with E-state index in [0.29, 0.717) is 36.5 Å². The first-order chi connectivity index (χ1) is 17.9. The molecule has 1 saturated carbocycles. The molecule has 0 aromatic heterocycles.